The number of hydrazone groups is 1. The van der Waals surface area contributed by atoms with E-state index in [2.05, 4.69) is 10.5 Å². The predicted octanol–water partition coefficient (Wildman–Crippen LogP) is 4.35. The number of aromatic nitrogens is 1. The highest BCUT2D eigenvalue weighted by atomic mass is 16.5. The first-order valence-electron chi connectivity index (χ1n) is 10.3. The van der Waals surface area contributed by atoms with Crippen LogP contribution in [0.3, 0.4) is 0 Å². The molecule has 31 heavy (non-hydrogen) atoms. The molecule has 0 aliphatic carbocycles. The van der Waals surface area contributed by atoms with Gasteiger partial charge in [0.1, 0.15) is 0 Å². The monoisotopic (exact) mass is 417 g/mol. The highest BCUT2D eigenvalue weighted by Crippen LogP contribution is 2.21. The summed E-state index contributed by atoms with van der Waals surface area (Å²) in [6, 6.07) is 19.2. The molecule has 1 N–H and O–H groups in total. The van der Waals surface area contributed by atoms with Gasteiger partial charge in [-0.2, -0.15) is 5.10 Å². The first-order chi connectivity index (χ1) is 15.0. The van der Waals surface area contributed by atoms with Crippen LogP contribution in [0.5, 0.6) is 0 Å². The van der Waals surface area contributed by atoms with Gasteiger partial charge in [0.25, 0.3) is 0 Å². The first kappa shape index (κ1) is 22.0. The molecule has 0 saturated heterocycles. The SMILES string of the molecule is CCOC(=O)c1cccc(-n2c(C)cc(/C=N\NC(=O)CCc3ccccc3)c2C)c1. The summed E-state index contributed by atoms with van der Waals surface area (Å²) in [5.41, 5.74) is 7.94. The van der Waals surface area contributed by atoms with Crippen molar-refractivity contribution in [3.63, 3.8) is 0 Å². The lowest BCUT2D eigenvalue weighted by molar-refractivity contribution is -0.121. The Labute approximate surface area is 182 Å². The molecule has 0 fully saturated rings. The number of esters is 1. The van der Waals surface area contributed by atoms with Crippen molar-refractivity contribution < 1.29 is 14.3 Å². The van der Waals surface area contributed by atoms with Crippen molar-refractivity contribution in [3.8, 4) is 5.69 Å². The summed E-state index contributed by atoms with van der Waals surface area (Å²) in [5.74, 6) is -0.470. The average molecular weight is 418 g/mol. The van der Waals surface area contributed by atoms with Crippen LogP contribution in [0.15, 0.2) is 65.8 Å². The molecule has 1 heterocycles. The lowest BCUT2D eigenvalue weighted by Crippen LogP contribution is -2.17. The van der Waals surface area contributed by atoms with Gasteiger partial charge in [0.2, 0.25) is 5.91 Å². The fraction of sp³-hybridized carbons (Fsp3) is 0.240. The fourth-order valence-corrected chi connectivity index (χ4v) is 3.43. The number of nitrogens with one attached hydrogen (secondary N) is 1. The Morgan fingerprint density at radius 1 is 1.06 bits per heavy atom. The van der Waals surface area contributed by atoms with Gasteiger partial charge in [-0.3, -0.25) is 4.79 Å². The Bertz CT molecular complexity index is 1080. The van der Waals surface area contributed by atoms with Crippen LogP contribution in [0.4, 0.5) is 0 Å². The molecular formula is C25H27N3O3. The van der Waals surface area contributed by atoms with E-state index < -0.39 is 0 Å². The van der Waals surface area contributed by atoms with Crippen molar-refractivity contribution in [1.29, 1.82) is 0 Å². The highest BCUT2D eigenvalue weighted by Gasteiger charge is 2.12. The van der Waals surface area contributed by atoms with Crippen LogP contribution in [-0.2, 0) is 16.0 Å². The summed E-state index contributed by atoms with van der Waals surface area (Å²) in [4.78, 5) is 24.1. The van der Waals surface area contributed by atoms with Crippen LogP contribution >= 0.6 is 0 Å². The Morgan fingerprint density at radius 3 is 2.58 bits per heavy atom. The maximum Gasteiger partial charge on any atom is 0.338 e. The maximum atomic E-state index is 12.1. The van der Waals surface area contributed by atoms with Crippen molar-refractivity contribution in [2.24, 2.45) is 5.10 Å². The number of aryl methyl sites for hydroxylation is 2. The van der Waals surface area contributed by atoms with E-state index in [1.165, 1.54) is 0 Å². The smallest absolute Gasteiger partial charge is 0.338 e. The van der Waals surface area contributed by atoms with E-state index >= 15 is 0 Å². The van der Waals surface area contributed by atoms with Crippen LogP contribution in [0.25, 0.3) is 5.69 Å². The van der Waals surface area contributed by atoms with Crippen LogP contribution in [0, 0.1) is 13.8 Å². The third-order valence-corrected chi connectivity index (χ3v) is 4.96. The minimum atomic E-state index is -0.341. The van der Waals surface area contributed by atoms with Gasteiger partial charge in [0.05, 0.1) is 18.4 Å². The van der Waals surface area contributed by atoms with Gasteiger partial charge in [-0.1, -0.05) is 36.4 Å². The van der Waals surface area contributed by atoms with E-state index in [-0.39, 0.29) is 11.9 Å². The molecule has 0 saturated carbocycles. The third kappa shape index (κ3) is 5.69. The predicted molar refractivity (Wildman–Crippen MR) is 122 cm³/mol. The van der Waals surface area contributed by atoms with Gasteiger partial charge in [-0.15, -0.1) is 0 Å². The van der Waals surface area contributed by atoms with Crippen LogP contribution in [0.1, 0.15) is 46.2 Å². The Morgan fingerprint density at radius 2 is 1.84 bits per heavy atom. The molecule has 6 heteroatoms. The van der Waals surface area contributed by atoms with Gasteiger partial charge in [0.15, 0.2) is 0 Å². The number of carbonyl (C=O) groups is 2. The summed E-state index contributed by atoms with van der Waals surface area (Å²) >= 11 is 0. The molecule has 0 spiro atoms. The van der Waals surface area contributed by atoms with Crippen LogP contribution in [0.2, 0.25) is 0 Å². The van der Waals surface area contributed by atoms with Gasteiger partial charge >= 0.3 is 5.97 Å². The first-order valence-corrected chi connectivity index (χ1v) is 10.3. The van der Waals surface area contributed by atoms with E-state index in [1.54, 1.807) is 19.2 Å². The molecule has 0 bridgehead atoms. The molecule has 2 aromatic carbocycles. The number of nitrogens with zero attached hydrogens (tertiary/aromatic N) is 2. The molecule has 0 atom stereocenters. The number of rotatable bonds is 8. The molecule has 1 aromatic heterocycles. The quantitative estimate of drug-likeness (QED) is 0.336. The molecule has 0 aliphatic rings. The second-order valence-corrected chi connectivity index (χ2v) is 7.21. The summed E-state index contributed by atoms with van der Waals surface area (Å²) in [6.45, 7) is 6.08. The normalized spacial score (nSPS) is 10.9. The minimum Gasteiger partial charge on any atom is -0.462 e. The molecule has 3 rings (SSSR count). The van der Waals surface area contributed by atoms with Crippen molar-refractivity contribution in [3.05, 3.63) is 88.7 Å². The maximum absolute atomic E-state index is 12.1. The number of benzene rings is 2. The zero-order chi connectivity index (χ0) is 22.2. The number of hydrogen-bond acceptors (Lipinski definition) is 4. The van der Waals surface area contributed by atoms with E-state index in [9.17, 15) is 9.59 Å². The summed E-state index contributed by atoms with van der Waals surface area (Å²) < 4.78 is 7.14. The lowest BCUT2D eigenvalue weighted by atomic mass is 10.1. The molecule has 1 amide bonds. The minimum absolute atomic E-state index is 0.129. The molecule has 0 unspecified atom stereocenters. The third-order valence-electron chi connectivity index (χ3n) is 4.96. The molecule has 3 aromatic rings. The largest absolute Gasteiger partial charge is 0.462 e. The summed E-state index contributed by atoms with van der Waals surface area (Å²) in [7, 11) is 0. The van der Waals surface area contributed by atoms with E-state index in [1.807, 2.05) is 73.0 Å². The number of amides is 1. The highest BCUT2D eigenvalue weighted by molar-refractivity contribution is 5.90. The standard InChI is InChI=1S/C25H27N3O3/c1-4-31-25(30)21-11-8-12-23(16-21)28-18(2)15-22(19(28)3)17-26-27-24(29)14-13-20-9-6-5-7-10-20/h5-12,15-17H,4,13-14H2,1-3H3,(H,27,29)/b26-17-. The summed E-state index contributed by atoms with van der Waals surface area (Å²) in [6.07, 6.45) is 2.70. The van der Waals surface area contributed by atoms with Crippen LogP contribution < -0.4 is 5.43 Å². The zero-order valence-corrected chi connectivity index (χ0v) is 18.1. The van der Waals surface area contributed by atoms with Crippen molar-refractivity contribution >= 4 is 18.1 Å². The van der Waals surface area contributed by atoms with E-state index in [0.717, 1.165) is 28.2 Å². The van der Waals surface area contributed by atoms with E-state index in [0.29, 0.717) is 25.0 Å². The number of hydrogen-bond donors (Lipinski definition) is 1. The molecule has 6 nitrogen and oxygen atoms in total. The van der Waals surface area contributed by atoms with Gasteiger partial charge in [-0.25, -0.2) is 10.2 Å². The van der Waals surface area contributed by atoms with Gasteiger partial charge in [-0.05, 0) is 57.0 Å². The molecular weight excluding hydrogens is 390 g/mol. The molecule has 0 radical (unpaired) electrons. The Balaban J connectivity index is 1.68. The van der Waals surface area contributed by atoms with Crippen molar-refractivity contribution in [2.45, 2.75) is 33.6 Å². The Hall–Kier alpha value is -3.67. The van der Waals surface area contributed by atoms with Crippen LogP contribution in [-0.4, -0.2) is 29.3 Å². The lowest BCUT2D eigenvalue weighted by Gasteiger charge is -2.11. The number of ether oxygens (including phenoxy) is 1. The van der Waals surface area contributed by atoms with Gasteiger partial charge < -0.3 is 9.30 Å². The summed E-state index contributed by atoms with van der Waals surface area (Å²) in [5, 5.41) is 4.12. The van der Waals surface area contributed by atoms with Crippen molar-refractivity contribution in [2.75, 3.05) is 6.61 Å². The van der Waals surface area contributed by atoms with Crippen molar-refractivity contribution in [1.82, 2.24) is 9.99 Å². The average Bonchev–Trinajstić information content (AvgIpc) is 3.06. The molecule has 0 aliphatic heterocycles. The van der Waals surface area contributed by atoms with E-state index in [4.69, 9.17) is 4.74 Å². The Kier molecular flexibility index (Phi) is 7.38. The second-order valence-electron chi connectivity index (χ2n) is 7.21. The molecule has 160 valence electrons. The fourth-order valence-electron chi connectivity index (χ4n) is 3.43. The second kappa shape index (κ2) is 10.4. The topological polar surface area (TPSA) is 72.7 Å². The zero-order valence-electron chi connectivity index (χ0n) is 18.1. The van der Waals surface area contributed by atoms with Gasteiger partial charge in [0, 0.05) is 29.1 Å². The number of carbonyl (C=O) groups excluding carboxylic acids is 2.